The summed E-state index contributed by atoms with van der Waals surface area (Å²) in [6, 6.07) is 11.4. The molecule has 0 aliphatic heterocycles. The second-order valence-corrected chi connectivity index (χ2v) is 4.07. The molecular formula is C15H19N3O2. The molecule has 2 rings (SSSR count). The van der Waals surface area contributed by atoms with Gasteiger partial charge in [0.1, 0.15) is 12.4 Å². The minimum absolute atomic E-state index is 0.492. The number of hydrogen-bond acceptors (Lipinski definition) is 5. The molecule has 5 heteroatoms. The van der Waals surface area contributed by atoms with Crippen LogP contribution in [-0.4, -0.2) is 24.7 Å². The summed E-state index contributed by atoms with van der Waals surface area (Å²) in [7, 11) is 0. The Kier molecular flexibility index (Phi) is 5.20. The van der Waals surface area contributed by atoms with Crippen molar-refractivity contribution < 1.29 is 9.47 Å². The van der Waals surface area contributed by atoms with Crippen molar-refractivity contribution in [3.8, 4) is 11.5 Å². The Balaban J connectivity index is 2.13. The van der Waals surface area contributed by atoms with Crippen LogP contribution in [0.25, 0.3) is 0 Å². The Labute approximate surface area is 118 Å². The third-order valence-corrected chi connectivity index (χ3v) is 2.55. The predicted octanol–water partition coefficient (Wildman–Crippen LogP) is 2.56. The normalized spacial score (nSPS) is 10.1. The molecule has 1 heterocycles. The summed E-state index contributed by atoms with van der Waals surface area (Å²) in [4.78, 5) is 4.29. The quantitative estimate of drug-likeness (QED) is 0.811. The summed E-state index contributed by atoms with van der Waals surface area (Å²) in [5, 5.41) is 3.23. The van der Waals surface area contributed by atoms with Gasteiger partial charge in [0.2, 0.25) is 0 Å². The lowest BCUT2D eigenvalue weighted by Crippen LogP contribution is -2.10. The highest BCUT2D eigenvalue weighted by molar-refractivity contribution is 5.63. The molecule has 0 spiro atoms. The van der Waals surface area contributed by atoms with E-state index in [0.29, 0.717) is 25.6 Å². The molecule has 1 aromatic heterocycles. The van der Waals surface area contributed by atoms with Gasteiger partial charge >= 0.3 is 0 Å². The molecule has 1 aromatic carbocycles. The lowest BCUT2D eigenvalue weighted by molar-refractivity contribution is 0.328. The summed E-state index contributed by atoms with van der Waals surface area (Å²) in [6.45, 7) is 3.53. The minimum atomic E-state index is 0.492. The molecule has 0 radical (unpaired) electrons. The summed E-state index contributed by atoms with van der Waals surface area (Å²) < 4.78 is 11.0. The highest BCUT2D eigenvalue weighted by atomic mass is 16.5. The topological polar surface area (TPSA) is 69.4 Å². The molecule has 5 nitrogen and oxygen atoms in total. The van der Waals surface area contributed by atoms with Crippen LogP contribution in [0.4, 0.5) is 11.5 Å². The number of pyridine rings is 1. The zero-order valence-electron chi connectivity index (χ0n) is 11.5. The molecule has 20 heavy (non-hydrogen) atoms. The van der Waals surface area contributed by atoms with Gasteiger partial charge in [0.25, 0.3) is 0 Å². The van der Waals surface area contributed by atoms with E-state index in [2.05, 4.69) is 10.3 Å². The number of ether oxygens (including phenoxy) is 2. The zero-order valence-corrected chi connectivity index (χ0v) is 11.5. The molecule has 0 amide bonds. The van der Waals surface area contributed by atoms with Crippen LogP contribution in [0.15, 0.2) is 42.6 Å². The third kappa shape index (κ3) is 3.86. The number of nitrogens with one attached hydrogen (secondary N) is 1. The standard InChI is InChI=1S/C15H19N3O2/c1-2-19-14-7-4-9-17-15(14)18-12-5-3-6-13(11-12)20-10-8-16/h3-7,9,11H,2,8,10,16H2,1H3,(H,17,18). The molecule has 3 N–H and O–H groups in total. The molecule has 106 valence electrons. The maximum absolute atomic E-state index is 5.53. The Morgan fingerprint density at radius 1 is 1.20 bits per heavy atom. The molecular weight excluding hydrogens is 254 g/mol. The second kappa shape index (κ2) is 7.35. The van der Waals surface area contributed by atoms with Crippen LogP contribution in [-0.2, 0) is 0 Å². The van der Waals surface area contributed by atoms with Crippen LogP contribution >= 0.6 is 0 Å². The first-order chi connectivity index (χ1) is 9.83. The van der Waals surface area contributed by atoms with Crippen molar-refractivity contribution in [3.63, 3.8) is 0 Å². The number of rotatable bonds is 7. The van der Waals surface area contributed by atoms with E-state index in [0.717, 1.165) is 17.2 Å². The third-order valence-electron chi connectivity index (χ3n) is 2.55. The first-order valence-electron chi connectivity index (χ1n) is 6.61. The van der Waals surface area contributed by atoms with Gasteiger partial charge in [-0.15, -0.1) is 0 Å². The van der Waals surface area contributed by atoms with Gasteiger partial charge in [0.05, 0.1) is 6.61 Å². The Morgan fingerprint density at radius 3 is 2.90 bits per heavy atom. The van der Waals surface area contributed by atoms with Gasteiger partial charge in [0, 0.05) is 24.5 Å². The van der Waals surface area contributed by atoms with E-state index >= 15 is 0 Å². The van der Waals surface area contributed by atoms with E-state index in [1.54, 1.807) is 6.20 Å². The molecule has 0 fully saturated rings. The highest BCUT2D eigenvalue weighted by Crippen LogP contribution is 2.26. The van der Waals surface area contributed by atoms with Crippen LogP contribution in [0.1, 0.15) is 6.92 Å². The number of benzene rings is 1. The Hall–Kier alpha value is -2.27. The summed E-state index contributed by atoms with van der Waals surface area (Å²) in [5.74, 6) is 2.18. The van der Waals surface area contributed by atoms with E-state index < -0.39 is 0 Å². The van der Waals surface area contributed by atoms with Crippen LogP contribution in [0.2, 0.25) is 0 Å². The van der Waals surface area contributed by atoms with E-state index in [4.69, 9.17) is 15.2 Å². The molecule has 0 aliphatic carbocycles. The molecule has 2 aromatic rings. The van der Waals surface area contributed by atoms with Crippen LogP contribution in [0.5, 0.6) is 11.5 Å². The first-order valence-corrected chi connectivity index (χ1v) is 6.61. The fourth-order valence-corrected chi connectivity index (χ4v) is 1.73. The van der Waals surface area contributed by atoms with Crippen molar-refractivity contribution in [2.75, 3.05) is 25.1 Å². The highest BCUT2D eigenvalue weighted by Gasteiger charge is 2.05. The number of nitrogens with zero attached hydrogens (tertiary/aromatic N) is 1. The Morgan fingerprint density at radius 2 is 2.10 bits per heavy atom. The number of nitrogens with two attached hydrogens (primary N) is 1. The Bertz CT molecular complexity index is 546. The van der Waals surface area contributed by atoms with Crippen molar-refractivity contribution >= 4 is 11.5 Å². The molecule has 0 unspecified atom stereocenters. The largest absolute Gasteiger partial charge is 0.492 e. The maximum Gasteiger partial charge on any atom is 0.173 e. The lowest BCUT2D eigenvalue weighted by atomic mass is 10.3. The van der Waals surface area contributed by atoms with Crippen molar-refractivity contribution in [2.24, 2.45) is 5.73 Å². The van der Waals surface area contributed by atoms with Crippen molar-refractivity contribution in [2.45, 2.75) is 6.92 Å². The lowest BCUT2D eigenvalue weighted by Gasteiger charge is -2.12. The predicted molar refractivity (Wildman–Crippen MR) is 79.7 cm³/mol. The molecule has 0 saturated carbocycles. The van der Waals surface area contributed by atoms with Gasteiger partial charge in [-0.05, 0) is 31.2 Å². The summed E-state index contributed by atoms with van der Waals surface area (Å²) in [6.07, 6.45) is 1.72. The van der Waals surface area contributed by atoms with E-state index in [-0.39, 0.29) is 0 Å². The van der Waals surface area contributed by atoms with Crippen LogP contribution in [0, 0.1) is 0 Å². The zero-order chi connectivity index (χ0) is 14.2. The van der Waals surface area contributed by atoms with Gasteiger partial charge in [0.15, 0.2) is 11.6 Å². The molecule has 0 saturated heterocycles. The van der Waals surface area contributed by atoms with Gasteiger partial charge in [-0.25, -0.2) is 4.98 Å². The van der Waals surface area contributed by atoms with Crippen molar-refractivity contribution in [3.05, 3.63) is 42.6 Å². The van der Waals surface area contributed by atoms with Crippen LogP contribution < -0.4 is 20.5 Å². The van der Waals surface area contributed by atoms with E-state index in [1.807, 2.05) is 43.3 Å². The minimum Gasteiger partial charge on any atom is -0.492 e. The van der Waals surface area contributed by atoms with Crippen molar-refractivity contribution in [1.82, 2.24) is 4.98 Å². The average Bonchev–Trinajstić information content (AvgIpc) is 2.48. The number of aromatic nitrogens is 1. The number of anilines is 2. The molecule has 0 aliphatic rings. The van der Waals surface area contributed by atoms with Crippen LogP contribution in [0.3, 0.4) is 0 Å². The van der Waals surface area contributed by atoms with Gasteiger partial charge in [-0.2, -0.15) is 0 Å². The second-order valence-electron chi connectivity index (χ2n) is 4.07. The molecule has 0 atom stereocenters. The van der Waals surface area contributed by atoms with Crippen molar-refractivity contribution in [1.29, 1.82) is 0 Å². The van der Waals surface area contributed by atoms with Gasteiger partial charge in [-0.1, -0.05) is 6.07 Å². The summed E-state index contributed by atoms with van der Waals surface area (Å²) in [5.41, 5.74) is 6.31. The fourth-order valence-electron chi connectivity index (χ4n) is 1.73. The number of hydrogen-bond donors (Lipinski definition) is 2. The average molecular weight is 273 g/mol. The first kappa shape index (κ1) is 14.1. The fraction of sp³-hybridized carbons (Fsp3) is 0.267. The molecule has 0 bridgehead atoms. The van der Waals surface area contributed by atoms with Gasteiger partial charge < -0.3 is 20.5 Å². The maximum atomic E-state index is 5.53. The smallest absolute Gasteiger partial charge is 0.173 e. The van der Waals surface area contributed by atoms with E-state index in [1.165, 1.54) is 0 Å². The monoisotopic (exact) mass is 273 g/mol. The van der Waals surface area contributed by atoms with Gasteiger partial charge in [-0.3, -0.25) is 0 Å². The summed E-state index contributed by atoms with van der Waals surface area (Å²) >= 11 is 0. The van der Waals surface area contributed by atoms with E-state index in [9.17, 15) is 0 Å². The SMILES string of the molecule is CCOc1cccnc1Nc1cccc(OCCN)c1.